The fraction of sp³-hybridized carbons (Fsp3) is 0.0556. The van der Waals surface area contributed by atoms with Crippen LogP contribution in [0.3, 0.4) is 0 Å². The number of nitrogens with one attached hydrogen (secondary N) is 1. The predicted octanol–water partition coefficient (Wildman–Crippen LogP) is 3.78. The van der Waals surface area contributed by atoms with E-state index >= 15 is 0 Å². The number of anilines is 1. The number of halogens is 3. The molecule has 7 nitrogen and oxygen atoms in total. The molecule has 0 radical (unpaired) electrons. The normalized spacial score (nSPS) is 11.6. The van der Waals surface area contributed by atoms with E-state index in [9.17, 15) is 17.2 Å². The smallest absolute Gasteiger partial charge is 0.308 e. The van der Waals surface area contributed by atoms with Crippen molar-refractivity contribution in [2.75, 3.05) is 11.8 Å². The first kappa shape index (κ1) is 20.6. The molecular weight excluding hydrogens is 426 g/mol. The summed E-state index contributed by atoms with van der Waals surface area (Å²) in [6.07, 6.45) is 4.98. The Labute approximate surface area is 170 Å². The van der Waals surface area contributed by atoms with Gasteiger partial charge in [0, 0.05) is 23.5 Å². The molecule has 0 saturated carbocycles. The molecular formula is C18H13ClF2N4O3S. The number of hydrogen-bond acceptors (Lipinski definition) is 6. The largest absolute Gasteiger partial charge is 0.481 e. The van der Waals surface area contributed by atoms with E-state index in [1.807, 2.05) is 0 Å². The number of ether oxygens (including phenoxy) is 1. The first-order valence-corrected chi connectivity index (χ1v) is 9.84. The van der Waals surface area contributed by atoms with Crippen LogP contribution in [0.25, 0.3) is 12.2 Å². The van der Waals surface area contributed by atoms with E-state index in [4.69, 9.17) is 16.3 Å². The molecule has 1 aromatic carbocycles. The summed E-state index contributed by atoms with van der Waals surface area (Å²) in [4.78, 5) is 10.6. The molecule has 0 saturated heterocycles. The minimum absolute atomic E-state index is 0.0514. The molecule has 2 heterocycles. The molecule has 150 valence electrons. The molecule has 0 amide bonds. The summed E-state index contributed by atoms with van der Waals surface area (Å²) in [6, 6.07) is 6.41. The minimum atomic E-state index is -4.17. The van der Waals surface area contributed by atoms with E-state index < -0.39 is 31.8 Å². The van der Waals surface area contributed by atoms with Crippen LogP contribution in [-0.2, 0) is 10.0 Å². The van der Waals surface area contributed by atoms with Crippen molar-refractivity contribution in [1.82, 2.24) is 15.0 Å². The quantitative estimate of drug-likeness (QED) is 0.588. The number of nitrogens with zero attached hydrogens (tertiary/aromatic N) is 3. The van der Waals surface area contributed by atoms with Crippen molar-refractivity contribution in [3.05, 3.63) is 70.8 Å². The fourth-order valence-corrected chi connectivity index (χ4v) is 3.80. The zero-order chi connectivity index (χ0) is 21.0. The van der Waals surface area contributed by atoms with Crippen molar-refractivity contribution in [3.8, 4) is 5.88 Å². The lowest BCUT2D eigenvalue weighted by Crippen LogP contribution is -2.15. The van der Waals surface area contributed by atoms with Crippen LogP contribution in [0, 0.1) is 11.9 Å². The molecule has 3 rings (SSSR count). The third kappa shape index (κ3) is 4.84. The fourth-order valence-electron chi connectivity index (χ4n) is 2.28. The number of hydrogen-bond donors (Lipinski definition) is 1. The molecule has 0 fully saturated rings. The Balaban J connectivity index is 1.86. The average molecular weight is 439 g/mol. The Morgan fingerprint density at radius 1 is 1.10 bits per heavy atom. The van der Waals surface area contributed by atoms with E-state index in [1.54, 1.807) is 18.2 Å². The maximum atomic E-state index is 13.6. The maximum absolute atomic E-state index is 13.6. The highest BCUT2D eigenvalue weighted by atomic mass is 35.5. The van der Waals surface area contributed by atoms with E-state index in [0.717, 1.165) is 6.07 Å². The van der Waals surface area contributed by atoms with E-state index in [2.05, 4.69) is 19.7 Å². The van der Waals surface area contributed by atoms with Crippen LogP contribution in [-0.4, -0.2) is 30.5 Å². The van der Waals surface area contributed by atoms with Crippen molar-refractivity contribution in [2.45, 2.75) is 4.90 Å². The third-order valence-corrected chi connectivity index (χ3v) is 5.52. The Morgan fingerprint density at radius 3 is 2.52 bits per heavy atom. The van der Waals surface area contributed by atoms with Crippen LogP contribution in [0.15, 0.2) is 47.6 Å². The van der Waals surface area contributed by atoms with Crippen molar-refractivity contribution in [2.24, 2.45) is 0 Å². The molecule has 2 aromatic heterocycles. The Hall–Kier alpha value is -3.11. The van der Waals surface area contributed by atoms with E-state index in [-0.39, 0.29) is 11.7 Å². The summed E-state index contributed by atoms with van der Waals surface area (Å²) in [5, 5.41) is -0.520. The van der Waals surface area contributed by atoms with Crippen molar-refractivity contribution >= 4 is 39.6 Å². The molecule has 0 aliphatic carbocycles. The third-order valence-electron chi connectivity index (χ3n) is 3.62. The van der Waals surface area contributed by atoms with Crippen LogP contribution < -0.4 is 9.46 Å². The molecule has 0 aliphatic rings. The zero-order valence-corrected chi connectivity index (χ0v) is 16.4. The monoisotopic (exact) mass is 438 g/mol. The summed E-state index contributed by atoms with van der Waals surface area (Å²) in [5.74, 6) is -0.787. The molecule has 29 heavy (non-hydrogen) atoms. The van der Waals surface area contributed by atoms with E-state index in [1.165, 1.54) is 37.7 Å². The summed E-state index contributed by atoms with van der Waals surface area (Å²) in [5.41, 5.74) is 1.06. The second-order valence-corrected chi connectivity index (χ2v) is 7.60. The number of benzene rings is 1. The van der Waals surface area contributed by atoms with Gasteiger partial charge in [-0.15, -0.1) is 0 Å². The van der Waals surface area contributed by atoms with Gasteiger partial charge in [-0.05, 0) is 30.3 Å². The van der Waals surface area contributed by atoms with Gasteiger partial charge < -0.3 is 4.74 Å². The number of methoxy groups -OCH3 is 1. The maximum Gasteiger partial charge on any atom is 0.308 e. The lowest BCUT2D eigenvalue weighted by atomic mass is 10.2. The van der Waals surface area contributed by atoms with Crippen LogP contribution in [0.2, 0.25) is 5.02 Å². The van der Waals surface area contributed by atoms with Gasteiger partial charge in [0.05, 0.1) is 12.1 Å². The Bertz CT molecular complexity index is 1170. The summed E-state index contributed by atoms with van der Waals surface area (Å²) in [7, 11) is -2.81. The first-order valence-electron chi connectivity index (χ1n) is 7.97. The highest BCUT2D eigenvalue weighted by molar-refractivity contribution is 7.92. The molecule has 0 spiro atoms. The van der Waals surface area contributed by atoms with Crippen LogP contribution in [0.1, 0.15) is 11.1 Å². The molecule has 0 aliphatic heterocycles. The number of sulfonamides is 1. The van der Waals surface area contributed by atoms with Crippen LogP contribution in [0.5, 0.6) is 5.88 Å². The SMILES string of the molecule is COc1nc(NS(=O)(=O)c2cccc(F)c2Cl)ccc1/C=C/c1cnc(F)nc1. The van der Waals surface area contributed by atoms with Gasteiger partial charge in [0.2, 0.25) is 5.88 Å². The molecule has 0 atom stereocenters. The van der Waals surface area contributed by atoms with Gasteiger partial charge in [-0.3, -0.25) is 4.72 Å². The zero-order valence-electron chi connectivity index (χ0n) is 14.8. The lowest BCUT2D eigenvalue weighted by molar-refractivity contribution is 0.397. The molecule has 3 aromatic rings. The van der Waals surface area contributed by atoms with Crippen molar-refractivity contribution in [3.63, 3.8) is 0 Å². The number of pyridine rings is 1. The number of rotatable bonds is 6. The Morgan fingerprint density at radius 2 is 1.83 bits per heavy atom. The average Bonchev–Trinajstić information content (AvgIpc) is 2.69. The highest BCUT2D eigenvalue weighted by Crippen LogP contribution is 2.27. The summed E-state index contributed by atoms with van der Waals surface area (Å²) < 4.78 is 58.7. The first-order chi connectivity index (χ1) is 13.8. The summed E-state index contributed by atoms with van der Waals surface area (Å²) in [6.45, 7) is 0. The standard InChI is InChI=1S/C18H13ClF2N4O3S/c1-28-17-12(6-5-11-9-22-18(21)23-10-11)7-8-15(24-17)25-29(26,27)14-4-2-3-13(20)16(14)19/h2-10H,1H3,(H,24,25)/b6-5+. The van der Waals surface area contributed by atoms with Gasteiger partial charge in [0.25, 0.3) is 10.0 Å². The van der Waals surface area contributed by atoms with Gasteiger partial charge >= 0.3 is 6.08 Å². The second kappa shape index (κ2) is 8.50. The molecule has 0 bridgehead atoms. The number of aromatic nitrogens is 3. The Kier molecular flexibility index (Phi) is 6.04. The van der Waals surface area contributed by atoms with Gasteiger partial charge in [-0.2, -0.15) is 9.37 Å². The van der Waals surface area contributed by atoms with Gasteiger partial charge in [0.1, 0.15) is 16.5 Å². The van der Waals surface area contributed by atoms with Gasteiger partial charge in [-0.25, -0.2) is 22.8 Å². The molecule has 11 heteroatoms. The van der Waals surface area contributed by atoms with Gasteiger partial charge in [0.15, 0.2) is 0 Å². The minimum Gasteiger partial charge on any atom is -0.481 e. The second-order valence-electron chi connectivity index (χ2n) is 5.57. The lowest BCUT2D eigenvalue weighted by Gasteiger charge is -2.11. The molecule has 1 N–H and O–H groups in total. The van der Waals surface area contributed by atoms with Crippen molar-refractivity contribution in [1.29, 1.82) is 0 Å². The predicted molar refractivity (Wildman–Crippen MR) is 104 cm³/mol. The molecule has 0 unspecified atom stereocenters. The van der Waals surface area contributed by atoms with Crippen LogP contribution >= 0.6 is 11.6 Å². The van der Waals surface area contributed by atoms with Crippen molar-refractivity contribution < 1.29 is 21.9 Å². The summed E-state index contributed by atoms with van der Waals surface area (Å²) >= 11 is 5.75. The highest BCUT2D eigenvalue weighted by Gasteiger charge is 2.21. The van der Waals surface area contributed by atoms with Gasteiger partial charge in [-0.1, -0.05) is 23.7 Å². The van der Waals surface area contributed by atoms with E-state index in [0.29, 0.717) is 11.1 Å². The topological polar surface area (TPSA) is 94.1 Å². The van der Waals surface area contributed by atoms with Crippen LogP contribution in [0.4, 0.5) is 14.6 Å².